The van der Waals surface area contributed by atoms with Crippen LogP contribution in [0.15, 0.2) is 0 Å². The van der Waals surface area contributed by atoms with E-state index in [4.69, 9.17) is 4.74 Å². The van der Waals surface area contributed by atoms with Crippen LogP contribution in [0.5, 0.6) is 0 Å². The molecule has 2 aliphatic rings. The number of carbonyl (C=O) groups is 1. The number of amides is 1. The molecule has 2 rings (SSSR count). The molecule has 7 heteroatoms. The Balaban J connectivity index is 2.38. The van der Waals surface area contributed by atoms with Crippen molar-refractivity contribution >= 4 is 15.9 Å². The monoisotopic (exact) mass is 263 g/mol. The molecule has 0 radical (unpaired) electrons. The Morgan fingerprint density at radius 2 is 1.88 bits per heavy atom. The van der Waals surface area contributed by atoms with Gasteiger partial charge in [0.25, 0.3) is 15.9 Å². The Labute approximate surface area is 101 Å². The summed E-state index contributed by atoms with van der Waals surface area (Å²) in [6.45, 7) is 3.16. The zero-order chi connectivity index (χ0) is 12.9. The van der Waals surface area contributed by atoms with E-state index in [1.54, 1.807) is 0 Å². The van der Waals surface area contributed by atoms with Crippen molar-refractivity contribution < 1.29 is 23.1 Å². The second kappa shape index (κ2) is 3.66. The molecule has 0 bridgehead atoms. The highest BCUT2D eigenvalue weighted by atomic mass is 32.2. The number of carbonyl (C=O) groups excluding carboxylic acids is 1. The molecule has 0 aromatic rings. The molecular formula is C10H17NO5S. The molecule has 1 N–H and O–H groups in total. The summed E-state index contributed by atoms with van der Waals surface area (Å²) in [5.74, 6) is -0.437. The Hall–Kier alpha value is -0.660. The highest BCUT2D eigenvalue weighted by Crippen LogP contribution is 2.43. The number of hydrogen-bond acceptors (Lipinski definition) is 5. The lowest BCUT2D eigenvalue weighted by molar-refractivity contribution is -0.142. The smallest absolute Gasteiger partial charge is 0.259 e. The molecule has 0 aromatic carbocycles. The Morgan fingerprint density at radius 1 is 1.35 bits per heavy atom. The fourth-order valence-electron chi connectivity index (χ4n) is 2.30. The average Bonchev–Trinajstić information content (AvgIpc) is 2.30. The average molecular weight is 263 g/mol. The van der Waals surface area contributed by atoms with Gasteiger partial charge in [0.1, 0.15) is 0 Å². The van der Waals surface area contributed by atoms with E-state index in [0.717, 1.165) is 4.31 Å². The summed E-state index contributed by atoms with van der Waals surface area (Å²) >= 11 is 0. The van der Waals surface area contributed by atoms with Crippen molar-refractivity contribution in [3.05, 3.63) is 0 Å². The molecule has 17 heavy (non-hydrogen) atoms. The number of sulfonamides is 1. The van der Waals surface area contributed by atoms with E-state index in [0.29, 0.717) is 26.1 Å². The van der Waals surface area contributed by atoms with Gasteiger partial charge in [-0.1, -0.05) is 0 Å². The standard InChI is InChI=1S/C10H17NO5S/c1-9(2)8(13)11(17(9,14)15)10(7-12)3-5-16-6-4-10/h12H,3-7H2,1-2H3. The van der Waals surface area contributed by atoms with Crippen LogP contribution in [0.1, 0.15) is 26.7 Å². The number of aliphatic hydroxyl groups excluding tert-OH is 1. The maximum atomic E-state index is 12.1. The van der Waals surface area contributed by atoms with Crippen molar-refractivity contribution in [2.75, 3.05) is 19.8 Å². The molecule has 0 aliphatic carbocycles. The number of hydrogen-bond donors (Lipinski definition) is 1. The first-order chi connectivity index (χ1) is 7.79. The summed E-state index contributed by atoms with van der Waals surface area (Å²) in [4.78, 5) is 12.0. The van der Waals surface area contributed by atoms with Crippen LogP contribution >= 0.6 is 0 Å². The van der Waals surface area contributed by atoms with E-state index in [1.165, 1.54) is 13.8 Å². The second-order valence-corrected chi connectivity index (χ2v) is 7.42. The van der Waals surface area contributed by atoms with E-state index in [1.807, 2.05) is 0 Å². The van der Waals surface area contributed by atoms with E-state index in [9.17, 15) is 18.3 Å². The van der Waals surface area contributed by atoms with Gasteiger partial charge in [0, 0.05) is 13.2 Å². The van der Waals surface area contributed by atoms with Crippen molar-refractivity contribution in [2.45, 2.75) is 37.0 Å². The molecule has 2 heterocycles. The summed E-state index contributed by atoms with van der Waals surface area (Å²) in [7, 11) is -3.65. The summed E-state index contributed by atoms with van der Waals surface area (Å²) in [6, 6.07) is 0. The second-order valence-electron chi connectivity index (χ2n) is 5.08. The van der Waals surface area contributed by atoms with E-state index < -0.39 is 26.2 Å². The minimum absolute atomic E-state index is 0.350. The van der Waals surface area contributed by atoms with Crippen LogP contribution in [-0.2, 0) is 19.6 Å². The summed E-state index contributed by atoms with van der Waals surface area (Å²) in [6.07, 6.45) is 0.703. The summed E-state index contributed by atoms with van der Waals surface area (Å²) in [5.41, 5.74) is -0.996. The van der Waals surface area contributed by atoms with Gasteiger partial charge in [-0.15, -0.1) is 0 Å². The van der Waals surface area contributed by atoms with Gasteiger partial charge >= 0.3 is 0 Å². The van der Waals surface area contributed by atoms with Gasteiger partial charge in [0.2, 0.25) is 0 Å². The molecule has 0 unspecified atom stereocenters. The SMILES string of the molecule is CC1(C)C(=O)N(C2(CO)CCOCC2)S1(=O)=O. The third-order valence-electron chi connectivity index (χ3n) is 3.73. The predicted molar refractivity (Wildman–Crippen MR) is 59.7 cm³/mol. The summed E-state index contributed by atoms with van der Waals surface area (Å²) in [5, 5.41) is 9.48. The van der Waals surface area contributed by atoms with Crippen LogP contribution in [0.25, 0.3) is 0 Å². The fraction of sp³-hybridized carbons (Fsp3) is 0.900. The third kappa shape index (κ3) is 1.45. The van der Waals surface area contributed by atoms with Gasteiger partial charge in [0.05, 0.1) is 12.1 Å². The zero-order valence-corrected chi connectivity index (χ0v) is 10.8. The third-order valence-corrected chi connectivity index (χ3v) is 6.23. The predicted octanol–water partition coefficient (Wildman–Crippen LogP) is -0.521. The Morgan fingerprint density at radius 3 is 2.29 bits per heavy atom. The highest BCUT2D eigenvalue weighted by molar-refractivity contribution is 7.94. The first-order valence-corrected chi connectivity index (χ1v) is 7.02. The number of aliphatic hydroxyl groups is 1. The lowest BCUT2D eigenvalue weighted by Crippen LogP contribution is -2.75. The van der Waals surface area contributed by atoms with E-state index >= 15 is 0 Å². The van der Waals surface area contributed by atoms with Gasteiger partial charge < -0.3 is 9.84 Å². The zero-order valence-electron chi connectivity index (χ0n) is 9.97. The molecule has 6 nitrogen and oxygen atoms in total. The maximum absolute atomic E-state index is 12.1. The van der Waals surface area contributed by atoms with Crippen molar-refractivity contribution in [3.63, 3.8) is 0 Å². The van der Waals surface area contributed by atoms with Crippen LogP contribution in [0, 0.1) is 0 Å². The van der Waals surface area contributed by atoms with Gasteiger partial charge in [0.15, 0.2) is 4.75 Å². The first-order valence-electron chi connectivity index (χ1n) is 5.58. The van der Waals surface area contributed by atoms with Crippen molar-refractivity contribution in [3.8, 4) is 0 Å². The van der Waals surface area contributed by atoms with Gasteiger partial charge in [-0.25, -0.2) is 12.7 Å². The Kier molecular flexibility index (Phi) is 2.76. The largest absolute Gasteiger partial charge is 0.394 e. The van der Waals surface area contributed by atoms with Gasteiger partial charge in [-0.3, -0.25) is 4.79 Å². The number of rotatable bonds is 2. The fourth-order valence-corrected chi connectivity index (χ4v) is 4.13. The van der Waals surface area contributed by atoms with Crippen molar-refractivity contribution in [2.24, 2.45) is 0 Å². The maximum Gasteiger partial charge on any atom is 0.259 e. The van der Waals surface area contributed by atoms with Crippen LogP contribution in [-0.4, -0.2) is 53.8 Å². The minimum atomic E-state index is -3.65. The molecule has 0 aromatic heterocycles. The quantitative estimate of drug-likeness (QED) is 0.724. The van der Waals surface area contributed by atoms with Crippen LogP contribution in [0.3, 0.4) is 0 Å². The minimum Gasteiger partial charge on any atom is -0.394 e. The lowest BCUT2D eigenvalue weighted by Gasteiger charge is -2.54. The van der Waals surface area contributed by atoms with E-state index in [2.05, 4.69) is 0 Å². The molecule has 2 fully saturated rings. The molecule has 1 amide bonds. The number of ether oxygens (including phenoxy) is 1. The van der Waals surface area contributed by atoms with Gasteiger partial charge in [-0.2, -0.15) is 0 Å². The van der Waals surface area contributed by atoms with Crippen LogP contribution in [0.4, 0.5) is 0 Å². The molecule has 98 valence electrons. The summed E-state index contributed by atoms with van der Waals surface area (Å²) < 4.78 is 28.9. The highest BCUT2D eigenvalue weighted by Gasteiger charge is 2.66. The number of nitrogens with zero attached hydrogens (tertiary/aromatic N) is 1. The topological polar surface area (TPSA) is 83.9 Å². The molecule has 0 saturated carbocycles. The molecule has 2 saturated heterocycles. The van der Waals surface area contributed by atoms with Crippen molar-refractivity contribution in [1.82, 2.24) is 4.31 Å². The molecular weight excluding hydrogens is 246 g/mol. The molecule has 0 spiro atoms. The van der Waals surface area contributed by atoms with Crippen molar-refractivity contribution in [1.29, 1.82) is 0 Å². The normalized spacial score (nSPS) is 29.8. The van der Waals surface area contributed by atoms with E-state index in [-0.39, 0.29) is 6.61 Å². The van der Waals surface area contributed by atoms with Gasteiger partial charge in [-0.05, 0) is 26.7 Å². The lowest BCUT2D eigenvalue weighted by atomic mass is 9.90. The van der Waals surface area contributed by atoms with Crippen LogP contribution in [0.2, 0.25) is 0 Å². The first kappa shape index (κ1) is 12.8. The van der Waals surface area contributed by atoms with Crippen LogP contribution < -0.4 is 0 Å². The molecule has 0 atom stereocenters. The Bertz CT molecular complexity index is 436. The molecule has 2 aliphatic heterocycles.